The van der Waals surface area contributed by atoms with E-state index in [9.17, 15) is 0 Å². The van der Waals surface area contributed by atoms with Crippen LogP contribution in [0, 0.1) is 19.8 Å². The predicted octanol–water partition coefficient (Wildman–Crippen LogP) is 3.92. The van der Waals surface area contributed by atoms with Crippen LogP contribution < -0.4 is 5.32 Å². The first kappa shape index (κ1) is 14.8. The van der Waals surface area contributed by atoms with Gasteiger partial charge in [-0.1, -0.05) is 54.1 Å². The molecule has 20 heavy (non-hydrogen) atoms. The Hall–Kier alpha value is -1.60. The minimum Gasteiger partial charge on any atom is -0.319 e. The summed E-state index contributed by atoms with van der Waals surface area (Å²) in [5, 5.41) is 3.34. The fraction of sp³-hybridized carbons (Fsp3) is 0.368. The summed E-state index contributed by atoms with van der Waals surface area (Å²) < 4.78 is 0. The maximum atomic E-state index is 3.34. The van der Waals surface area contributed by atoms with E-state index in [-0.39, 0.29) is 0 Å². The van der Waals surface area contributed by atoms with E-state index in [1.54, 1.807) is 0 Å². The zero-order valence-corrected chi connectivity index (χ0v) is 12.8. The molecule has 2 aromatic carbocycles. The number of aryl methyl sites for hydroxylation is 2. The van der Waals surface area contributed by atoms with Crippen LogP contribution >= 0.6 is 0 Å². The molecule has 0 saturated carbocycles. The van der Waals surface area contributed by atoms with E-state index in [1.807, 2.05) is 7.05 Å². The summed E-state index contributed by atoms with van der Waals surface area (Å²) in [6, 6.07) is 17.6. The highest BCUT2D eigenvalue weighted by Gasteiger charge is 2.11. The summed E-state index contributed by atoms with van der Waals surface area (Å²) in [6.07, 6.45) is 2.28. The molecule has 1 atom stereocenters. The highest BCUT2D eigenvalue weighted by molar-refractivity contribution is 5.27. The third-order valence-corrected chi connectivity index (χ3v) is 3.87. The molecule has 0 bridgehead atoms. The van der Waals surface area contributed by atoms with Gasteiger partial charge in [-0.15, -0.1) is 0 Å². The van der Waals surface area contributed by atoms with Crippen LogP contribution in [0.4, 0.5) is 0 Å². The van der Waals surface area contributed by atoms with Gasteiger partial charge in [0, 0.05) is 0 Å². The first-order valence-electron chi connectivity index (χ1n) is 7.43. The van der Waals surface area contributed by atoms with Gasteiger partial charge in [0.15, 0.2) is 0 Å². The second-order valence-electron chi connectivity index (χ2n) is 5.75. The average Bonchev–Trinajstić information content (AvgIpc) is 2.42. The van der Waals surface area contributed by atoms with Crippen molar-refractivity contribution in [1.29, 1.82) is 0 Å². The van der Waals surface area contributed by atoms with Gasteiger partial charge in [0.1, 0.15) is 0 Å². The summed E-state index contributed by atoms with van der Waals surface area (Å²) in [6.45, 7) is 5.43. The fourth-order valence-corrected chi connectivity index (χ4v) is 2.83. The zero-order valence-electron chi connectivity index (χ0n) is 12.8. The maximum absolute atomic E-state index is 3.34. The lowest BCUT2D eigenvalue weighted by molar-refractivity contribution is 0.492. The topological polar surface area (TPSA) is 12.0 Å². The highest BCUT2D eigenvalue weighted by atomic mass is 14.8. The number of benzene rings is 2. The number of rotatable bonds is 6. The molecule has 0 amide bonds. The normalized spacial score (nSPS) is 12.3. The second kappa shape index (κ2) is 7.25. The van der Waals surface area contributed by atoms with Crippen LogP contribution in [0.5, 0.6) is 0 Å². The lowest BCUT2D eigenvalue weighted by atomic mass is 9.90. The molecule has 1 nitrogen and oxygen atoms in total. The molecule has 0 saturated heterocycles. The van der Waals surface area contributed by atoms with Crippen LogP contribution in [0.2, 0.25) is 0 Å². The van der Waals surface area contributed by atoms with E-state index >= 15 is 0 Å². The van der Waals surface area contributed by atoms with E-state index in [0.29, 0.717) is 5.92 Å². The first-order chi connectivity index (χ1) is 9.69. The number of hydrogen-bond donors (Lipinski definition) is 1. The largest absolute Gasteiger partial charge is 0.319 e. The molecule has 0 aromatic heterocycles. The smallest absolute Gasteiger partial charge is 0.00172 e. The summed E-state index contributed by atoms with van der Waals surface area (Å²) in [5.41, 5.74) is 5.67. The van der Waals surface area contributed by atoms with Gasteiger partial charge in [-0.2, -0.15) is 0 Å². The van der Waals surface area contributed by atoms with Crippen LogP contribution in [-0.2, 0) is 12.8 Å². The standard InChI is InChI=1S/C19H25N/c1-15-7-6-9-17(11-15)12-18(14-20-3)13-19-10-5-4-8-16(19)2/h4-11,18,20H,12-14H2,1-3H3. The SMILES string of the molecule is CNCC(Cc1cccc(C)c1)Cc1ccccc1C. The van der Waals surface area contributed by atoms with E-state index < -0.39 is 0 Å². The predicted molar refractivity (Wildman–Crippen MR) is 87.2 cm³/mol. The lowest BCUT2D eigenvalue weighted by Gasteiger charge is -2.18. The van der Waals surface area contributed by atoms with Crippen LogP contribution in [0.1, 0.15) is 22.3 Å². The molecule has 0 aliphatic rings. The van der Waals surface area contributed by atoms with Crippen molar-refractivity contribution in [3.8, 4) is 0 Å². The van der Waals surface area contributed by atoms with Crippen molar-refractivity contribution in [3.63, 3.8) is 0 Å². The molecule has 0 fully saturated rings. The Morgan fingerprint density at radius 1 is 0.950 bits per heavy atom. The van der Waals surface area contributed by atoms with Crippen molar-refractivity contribution < 1.29 is 0 Å². The summed E-state index contributed by atoms with van der Waals surface area (Å²) in [5.74, 6) is 0.642. The number of hydrogen-bond acceptors (Lipinski definition) is 1. The minimum atomic E-state index is 0.642. The Morgan fingerprint density at radius 3 is 2.45 bits per heavy atom. The van der Waals surface area contributed by atoms with Crippen LogP contribution in [0.15, 0.2) is 48.5 Å². The van der Waals surface area contributed by atoms with Crippen molar-refractivity contribution >= 4 is 0 Å². The second-order valence-corrected chi connectivity index (χ2v) is 5.75. The Morgan fingerprint density at radius 2 is 1.75 bits per heavy atom. The van der Waals surface area contributed by atoms with Gasteiger partial charge < -0.3 is 5.32 Å². The fourth-order valence-electron chi connectivity index (χ4n) is 2.83. The molecule has 1 N–H and O–H groups in total. The molecule has 0 aliphatic heterocycles. The summed E-state index contributed by atoms with van der Waals surface area (Å²) in [7, 11) is 2.04. The monoisotopic (exact) mass is 267 g/mol. The Labute approximate surface area is 123 Å². The van der Waals surface area contributed by atoms with Crippen molar-refractivity contribution in [2.75, 3.05) is 13.6 Å². The van der Waals surface area contributed by atoms with Crippen LogP contribution in [0.3, 0.4) is 0 Å². The Balaban J connectivity index is 2.09. The lowest BCUT2D eigenvalue weighted by Crippen LogP contribution is -2.23. The molecule has 0 heterocycles. The molecule has 0 radical (unpaired) electrons. The summed E-state index contributed by atoms with van der Waals surface area (Å²) >= 11 is 0. The molecule has 0 aliphatic carbocycles. The minimum absolute atomic E-state index is 0.642. The highest BCUT2D eigenvalue weighted by Crippen LogP contribution is 2.17. The van der Waals surface area contributed by atoms with Crippen molar-refractivity contribution in [3.05, 3.63) is 70.8 Å². The van der Waals surface area contributed by atoms with Crippen LogP contribution in [0.25, 0.3) is 0 Å². The van der Waals surface area contributed by atoms with E-state index in [1.165, 1.54) is 22.3 Å². The van der Waals surface area contributed by atoms with Gasteiger partial charge in [0.2, 0.25) is 0 Å². The van der Waals surface area contributed by atoms with Gasteiger partial charge in [0.05, 0.1) is 0 Å². The Bertz CT molecular complexity index is 545. The molecular formula is C19H25N. The molecule has 2 aromatic rings. The van der Waals surface area contributed by atoms with Crippen LogP contribution in [-0.4, -0.2) is 13.6 Å². The average molecular weight is 267 g/mol. The van der Waals surface area contributed by atoms with E-state index in [4.69, 9.17) is 0 Å². The summed E-state index contributed by atoms with van der Waals surface area (Å²) in [4.78, 5) is 0. The quantitative estimate of drug-likeness (QED) is 0.836. The molecule has 0 spiro atoms. The molecule has 106 valence electrons. The van der Waals surface area contributed by atoms with Crippen molar-refractivity contribution in [1.82, 2.24) is 5.32 Å². The van der Waals surface area contributed by atoms with Gasteiger partial charge in [0.25, 0.3) is 0 Å². The van der Waals surface area contributed by atoms with Gasteiger partial charge in [-0.3, -0.25) is 0 Å². The molecule has 1 heteroatoms. The molecule has 2 rings (SSSR count). The number of nitrogens with one attached hydrogen (secondary N) is 1. The third kappa shape index (κ3) is 4.21. The first-order valence-corrected chi connectivity index (χ1v) is 7.43. The maximum Gasteiger partial charge on any atom is -0.00172 e. The van der Waals surface area contributed by atoms with Gasteiger partial charge >= 0.3 is 0 Å². The van der Waals surface area contributed by atoms with Gasteiger partial charge in [-0.05, 0) is 62.9 Å². The van der Waals surface area contributed by atoms with E-state index in [0.717, 1.165) is 19.4 Å². The Kier molecular flexibility index (Phi) is 5.37. The zero-order chi connectivity index (χ0) is 14.4. The van der Waals surface area contributed by atoms with Crippen molar-refractivity contribution in [2.24, 2.45) is 5.92 Å². The van der Waals surface area contributed by atoms with Gasteiger partial charge in [-0.25, -0.2) is 0 Å². The molecule has 1 unspecified atom stereocenters. The molecular weight excluding hydrogens is 242 g/mol. The van der Waals surface area contributed by atoms with Crippen molar-refractivity contribution in [2.45, 2.75) is 26.7 Å². The van der Waals surface area contributed by atoms with E-state index in [2.05, 4.69) is 67.7 Å². The third-order valence-electron chi connectivity index (χ3n) is 3.87.